The van der Waals surface area contributed by atoms with Crippen LogP contribution in [-0.2, 0) is 0 Å². The van der Waals surface area contributed by atoms with Gasteiger partial charge in [0.25, 0.3) is 0 Å². The second-order valence-electron chi connectivity index (χ2n) is 6.17. The lowest BCUT2D eigenvalue weighted by atomic mass is 9.91. The molecule has 2 fully saturated rings. The number of hydrogen-bond donors (Lipinski definition) is 1. The van der Waals surface area contributed by atoms with E-state index in [1.54, 1.807) is 0 Å². The van der Waals surface area contributed by atoms with Crippen LogP contribution in [0.5, 0.6) is 0 Å². The van der Waals surface area contributed by atoms with Crippen LogP contribution in [-0.4, -0.2) is 67.6 Å². The highest BCUT2D eigenvalue weighted by molar-refractivity contribution is 7.99. The topological polar surface area (TPSA) is 32.5 Å². The van der Waals surface area contributed by atoms with Crippen molar-refractivity contribution in [3.63, 3.8) is 0 Å². The van der Waals surface area contributed by atoms with Crippen LogP contribution >= 0.6 is 11.8 Å². The first-order valence-electron chi connectivity index (χ1n) is 7.37. The van der Waals surface area contributed by atoms with Crippen molar-refractivity contribution in [3.05, 3.63) is 0 Å². The maximum Gasteiger partial charge on any atom is 0.0254 e. The Morgan fingerprint density at radius 2 is 2.00 bits per heavy atom. The Hall–Kier alpha value is 0.230. The number of nitrogens with two attached hydrogens (primary N) is 1. The summed E-state index contributed by atoms with van der Waals surface area (Å²) in [6.45, 7) is 4.63. The van der Waals surface area contributed by atoms with Gasteiger partial charge in [-0.05, 0) is 69.8 Å². The molecule has 2 rings (SSSR count). The van der Waals surface area contributed by atoms with Gasteiger partial charge in [0.1, 0.15) is 0 Å². The first-order valence-corrected chi connectivity index (χ1v) is 8.52. The molecule has 0 aromatic heterocycles. The fraction of sp³-hybridized carbons (Fsp3) is 1.00. The van der Waals surface area contributed by atoms with Gasteiger partial charge in [-0.2, -0.15) is 11.8 Å². The molecule has 2 N–H and O–H groups in total. The van der Waals surface area contributed by atoms with Crippen molar-refractivity contribution in [1.82, 2.24) is 9.80 Å². The standard InChI is InChI=1S/C14H29N3S/c1-16(2)10-12-3-6-17(7-4-12)14(9-15)13-5-8-18-11-13/h12-14H,3-11,15H2,1-2H3. The normalized spacial score (nSPS) is 29.0. The second kappa shape index (κ2) is 7.13. The van der Waals surface area contributed by atoms with Crippen LogP contribution in [0.25, 0.3) is 0 Å². The third-order valence-corrected chi connectivity index (χ3v) is 5.68. The van der Waals surface area contributed by atoms with Gasteiger partial charge < -0.3 is 10.6 Å². The van der Waals surface area contributed by atoms with Crippen LogP contribution in [0, 0.1) is 11.8 Å². The Labute approximate surface area is 116 Å². The Kier molecular flexibility index (Phi) is 5.80. The summed E-state index contributed by atoms with van der Waals surface area (Å²) in [6.07, 6.45) is 4.09. The molecule has 0 saturated carbocycles. The second-order valence-corrected chi connectivity index (χ2v) is 7.32. The summed E-state index contributed by atoms with van der Waals surface area (Å²) < 4.78 is 0. The molecule has 2 heterocycles. The molecular weight excluding hydrogens is 242 g/mol. The molecule has 0 aliphatic carbocycles. The quantitative estimate of drug-likeness (QED) is 0.818. The van der Waals surface area contributed by atoms with E-state index < -0.39 is 0 Å². The van der Waals surface area contributed by atoms with Gasteiger partial charge >= 0.3 is 0 Å². The van der Waals surface area contributed by atoms with Crippen LogP contribution < -0.4 is 5.73 Å². The molecule has 0 aromatic rings. The maximum absolute atomic E-state index is 6.04. The van der Waals surface area contributed by atoms with E-state index in [9.17, 15) is 0 Å². The Morgan fingerprint density at radius 3 is 2.50 bits per heavy atom. The molecule has 2 saturated heterocycles. The van der Waals surface area contributed by atoms with Gasteiger partial charge in [0.15, 0.2) is 0 Å². The van der Waals surface area contributed by atoms with E-state index >= 15 is 0 Å². The fourth-order valence-electron chi connectivity index (χ4n) is 3.48. The number of rotatable bonds is 5. The summed E-state index contributed by atoms with van der Waals surface area (Å²) >= 11 is 2.11. The van der Waals surface area contributed by atoms with Crippen molar-refractivity contribution in [2.75, 3.05) is 51.8 Å². The molecule has 4 heteroatoms. The van der Waals surface area contributed by atoms with Crippen LogP contribution in [0.4, 0.5) is 0 Å². The highest BCUT2D eigenvalue weighted by Gasteiger charge is 2.31. The Balaban J connectivity index is 1.80. The molecule has 3 nitrogen and oxygen atoms in total. The molecule has 2 aliphatic rings. The van der Waals surface area contributed by atoms with Crippen molar-refractivity contribution in [2.24, 2.45) is 17.6 Å². The van der Waals surface area contributed by atoms with E-state index in [4.69, 9.17) is 5.73 Å². The Morgan fingerprint density at radius 1 is 1.28 bits per heavy atom. The summed E-state index contributed by atoms with van der Waals surface area (Å²) in [4.78, 5) is 5.01. The molecule has 18 heavy (non-hydrogen) atoms. The predicted molar refractivity (Wildman–Crippen MR) is 81.1 cm³/mol. The van der Waals surface area contributed by atoms with Crippen molar-refractivity contribution in [2.45, 2.75) is 25.3 Å². The molecule has 106 valence electrons. The number of hydrogen-bond acceptors (Lipinski definition) is 4. The van der Waals surface area contributed by atoms with Gasteiger partial charge in [-0.25, -0.2) is 0 Å². The molecule has 0 amide bonds. The molecule has 0 radical (unpaired) electrons. The number of piperidine rings is 1. The zero-order chi connectivity index (χ0) is 13.0. The molecule has 0 aromatic carbocycles. The molecule has 2 atom stereocenters. The van der Waals surface area contributed by atoms with E-state index in [1.807, 2.05) is 0 Å². The van der Waals surface area contributed by atoms with Crippen molar-refractivity contribution in [1.29, 1.82) is 0 Å². The highest BCUT2D eigenvalue weighted by Crippen LogP contribution is 2.30. The Bertz CT molecular complexity index is 233. The molecule has 0 bridgehead atoms. The van der Waals surface area contributed by atoms with E-state index in [0.29, 0.717) is 6.04 Å². The zero-order valence-electron chi connectivity index (χ0n) is 12.0. The molecule has 2 aliphatic heterocycles. The van der Waals surface area contributed by atoms with Gasteiger partial charge in [-0.3, -0.25) is 4.90 Å². The largest absolute Gasteiger partial charge is 0.329 e. The third-order valence-electron chi connectivity index (χ3n) is 4.49. The van der Waals surface area contributed by atoms with E-state index in [2.05, 4.69) is 35.7 Å². The lowest BCUT2D eigenvalue weighted by Crippen LogP contribution is -2.49. The van der Waals surface area contributed by atoms with Gasteiger partial charge in [0.2, 0.25) is 0 Å². The van der Waals surface area contributed by atoms with Crippen LogP contribution in [0.15, 0.2) is 0 Å². The zero-order valence-corrected chi connectivity index (χ0v) is 12.8. The minimum absolute atomic E-state index is 0.653. The minimum atomic E-state index is 0.653. The lowest BCUT2D eigenvalue weighted by Gasteiger charge is -2.40. The lowest BCUT2D eigenvalue weighted by molar-refractivity contribution is 0.0966. The van der Waals surface area contributed by atoms with Crippen LogP contribution in [0.2, 0.25) is 0 Å². The highest BCUT2D eigenvalue weighted by atomic mass is 32.2. The molecular formula is C14H29N3S. The minimum Gasteiger partial charge on any atom is -0.329 e. The van der Waals surface area contributed by atoms with Crippen molar-refractivity contribution >= 4 is 11.8 Å². The van der Waals surface area contributed by atoms with Crippen LogP contribution in [0.3, 0.4) is 0 Å². The van der Waals surface area contributed by atoms with E-state index in [0.717, 1.165) is 18.4 Å². The average molecular weight is 271 g/mol. The monoisotopic (exact) mass is 271 g/mol. The summed E-state index contributed by atoms with van der Waals surface area (Å²) in [6, 6.07) is 0.653. The summed E-state index contributed by atoms with van der Waals surface area (Å²) in [5.41, 5.74) is 6.04. The van der Waals surface area contributed by atoms with Gasteiger partial charge in [0.05, 0.1) is 0 Å². The number of likely N-dealkylation sites (tertiary alicyclic amines) is 1. The SMILES string of the molecule is CN(C)CC1CCN(C(CN)C2CCSC2)CC1. The van der Waals surface area contributed by atoms with E-state index in [1.165, 1.54) is 50.4 Å². The third kappa shape index (κ3) is 3.86. The number of thioether (sulfide) groups is 1. The molecule has 0 spiro atoms. The first kappa shape index (κ1) is 14.6. The fourth-order valence-corrected chi connectivity index (χ4v) is 4.81. The first-order chi connectivity index (χ1) is 8.70. The average Bonchev–Trinajstić information content (AvgIpc) is 2.85. The van der Waals surface area contributed by atoms with Crippen molar-refractivity contribution in [3.8, 4) is 0 Å². The number of nitrogens with zero attached hydrogens (tertiary/aromatic N) is 2. The maximum atomic E-state index is 6.04. The predicted octanol–water partition coefficient (Wildman–Crippen LogP) is 1.34. The van der Waals surface area contributed by atoms with Gasteiger partial charge in [0, 0.05) is 19.1 Å². The van der Waals surface area contributed by atoms with Crippen LogP contribution in [0.1, 0.15) is 19.3 Å². The molecule has 2 unspecified atom stereocenters. The summed E-state index contributed by atoms with van der Waals surface area (Å²) in [5, 5.41) is 0. The van der Waals surface area contributed by atoms with Gasteiger partial charge in [-0.1, -0.05) is 0 Å². The summed E-state index contributed by atoms with van der Waals surface area (Å²) in [7, 11) is 4.37. The summed E-state index contributed by atoms with van der Waals surface area (Å²) in [5.74, 6) is 4.43. The van der Waals surface area contributed by atoms with E-state index in [-0.39, 0.29) is 0 Å². The smallest absolute Gasteiger partial charge is 0.0254 e. The van der Waals surface area contributed by atoms with Crippen molar-refractivity contribution < 1.29 is 0 Å². The van der Waals surface area contributed by atoms with Gasteiger partial charge in [-0.15, -0.1) is 0 Å².